The summed E-state index contributed by atoms with van der Waals surface area (Å²) in [4.78, 5) is 4.47. The second-order valence-corrected chi connectivity index (χ2v) is 6.88. The molecule has 10 heteroatoms. The molecule has 1 aromatic carbocycles. The van der Waals surface area contributed by atoms with Crippen LogP contribution in [0.3, 0.4) is 0 Å². The summed E-state index contributed by atoms with van der Waals surface area (Å²) in [6.07, 6.45) is 3.20. The van der Waals surface area contributed by atoms with E-state index in [4.69, 9.17) is 18.9 Å². The van der Waals surface area contributed by atoms with Crippen molar-refractivity contribution in [2.45, 2.75) is 45.4 Å². The van der Waals surface area contributed by atoms with Crippen molar-refractivity contribution in [2.24, 2.45) is 4.99 Å². The van der Waals surface area contributed by atoms with Crippen LogP contribution in [0.2, 0.25) is 0 Å². The van der Waals surface area contributed by atoms with E-state index in [1.165, 1.54) is 6.07 Å². The lowest BCUT2D eigenvalue weighted by Crippen LogP contribution is -2.38. The Morgan fingerprint density at radius 3 is 2.83 bits per heavy atom. The van der Waals surface area contributed by atoms with Crippen LogP contribution in [0, 0.1) is 0 Å². The number of alkyl halides is 2. The monoisotopic (exact) mass is 429 g/mol. The predicted octanol–water partition coefficient (Wildman–Crippen LogP) is 2.66. The smallest absolute Gasteiger partial charge is 0.387 e. The number of aliphatic imine (C=N–C) groups is 1. The Balaban J connectivity index is 1.49. The van der Waals surface area contributed by atoms with Gasteiger partial charge in [-0.2, -0.15) is 8.78 Å². The molecular weight excluding hydrogens is 400 g/mol. The minimum atomic E-state index is -2.94. The van der Waals surface area contributed by atoms with E-state index < -0.39 is 6.61 Å². The normalized spacial score (nSPS) is 18.1. The van der Waals surface area contributed by atoms with Gasteiger partial charge in [0.1, 0.15) is 5.75 Å². The summed E-state index contributed by atoms with van der Waals surface area (Å²) in [5.41, 5.74) is 0.483. The maximum atomic E-state index is 12.8. The van der Waals surface area contributed by atoms with Crippen LogP contribution < -0.4 is 24.8 Å². The molecule has 0 amide bonds. The summed E-state index contributed by atoms with van der Waals surface area (Å²) in [5, 5.41) is 6.35. The summed E-state index contributed by atoms with van der Waals surface area (Å²) in [5.74, 6) is 1.48. The number of benzene rings is 1. The Hall–Kier alpha value is -2.33. The highest BCUT2D eigenvalue weighted by molar-refractivity contribution is 5.79. The summed E-state index contributed by atoms with van der Waals surface area (Å²) < 4.78 is 51.9. The van der Waals surface area contributed by atoms with E-state index in [1.54, 1.807) is 6.07 Å². The molecule has 1 atom stereocenters. The Kier molecular flexibility index (Phi) is 8.76. The number of nitrogens with one attached hydrogen (secondary N) is 2. The van der Waals surface area contributed by atoms with Crippen molar-refractivity contribution < 1.29 is 32.5 Å². The molecule has 3 rings (SSSR count). The highest BCUT2D eigenvalue weighted by Crippen LogP contribution is 2.39. The van der Waals surface area contributed by atoms with Crippen molar-refractivity contribution in [1.82, 2.24) is 10.6 Å². The van der Waals surface area contributed by atoms with Crippen LogP contribution in [-0.2, 0) is 16.0 Å². The lowest BCUT2D eigenvalue weighted by atomic mass is 10.1. The van der Waals surface area contributed by atoms with Gasteiger partial charge in [-0.05, 0) is 32.3 Å². The number of ether oxygens (including phenoxy) is 5. The zero-order valence-corrected chi connectivity index (χ0v) is 17.1. The largest absolute Gasteiger partial charge is 0.454 e. The third-order valence-electron chi connectivity index (χ3n) is 4.61. The summed E-state index contributed by atoms with van der Waals surface area (Å²) in [7, 11) is 0. The number of guanidine groups is 1. The van der Waals surface area contributed by atoms with Crippen LogP contribution in [0.4, 0.5) is 8.78 Å². The fourth-order valence-corrected chi connectivity index (χ4v) is 3.17. The molecule has 2 aliphatic heterocycles. The van der Waals surface area contributed by atoms with E-state index in [0.29, 0.717) is 49.3 Å². The number of hydrogen-bond donors (Lipinski definition) is 2. The van der Waals surface area contributed by atoms with E-state index in [1.807, 2.05) is 6.92 Å². The van der Waals surface area contributed by atoms with Gasteiger partial charge in [-0.25, -0.2) is 4.99 Å². The minimum Gasteiger partial charge on any atom is -0.454 e. The molecule has 0 spiro atoms. The number of halogens is 2. The fraction of sp³-hybridized carbons (Fsp3) is 0.650. The van der Waals surface area contributed by atoms with Crippen molar-refractivity contribution in [3.63, 3.8) is 0 Å². The van der Waals surface area contributed by atoms with E-state index in [9.17, 15) is 8.78 Å². The van der Waals surface area contributed by atoms with Gasteiger partial charge in [-0.1, -0.05) is 0 Å². The zero-order valence-electron chi connectivity index (χ0n) is 17.1. The topological polar surface area (TPSA) is 82.6 Å². The standard InChI is InChI=1S/C20H29F2N3O5/c1-2-23-20(24-6-4-7-26-12-15-5-3-8-27-15)25-11-14-9-17-18(29-13-28-17)10-16(14)30-19(21)22/h9-10,15,19H,2-8,11-13H2,1H3,(H2,23,24,25). The molecule has 8 nitrogen and oxygen atoms in total. The van der Waals surface area contributed by atoms with Gasteiger partial charge in [0.25, 0.3) is 0 Å². The Labute approximate surface area is 174 Å². The van der Waals surface area contributed by atoms with Gasteiger partial charge in [0.2, 0.25) is 6.79 Å². The molecule has 0 bridgehead atoms. The molecule has 2 aliphatic rings. The van der Waals surface area contributed by atoms with Gasteiger partial charge in [-0.15, -0.1) is 0 Å². The summed E-state index contributed by atoms with van der Waals surface area (Å²) >= 11 is 0. The molecule has 0 radical (unpaired) electrons. The van der Waals surface area contributed by atoms with Crippen LogP contribution in [-0.4, -0.2) is 58.4 Å². The van der Waals surface area contributed by atoms with Crippen molar-refractivity contribution >= 4 is 5.96 Å². The summed E-state index contributed by atoms with van der Waals surface area (Å²) in [6.45, 7) is 2.63. The molecule has 0 aliphatic carbocycles. The van der Waals surface area contributed by atoms with Crippen molar-refractivity contribution in [1.29, 1.82) is 0 Å². The van der Waals surface area contributed by atoms with Gasteiger partial charge in [0.15, 0.2) is 17.5 Å². The molecule has 1 aromatic rings. The molecule has 1 fully saturated rings. The number of rotatable bonds is 11. The van der Waals surface area contributed by atoms with Gasteiger partial charge in [-0.3, -0.25) is 0 Å². The van der Waals surface area contributed by atoms with E-state index in [0.717, 1.165) is 25.9 Å². The lowest BCUT2D eigenvalue weighted by Gasteiger charge is -2.14. The maximum absolute atomic E-state index is 12.8. The molecule has 168 valence electrons. The van der Waals surface area contributed by atoms with Crippen LogP contribution in [0.25, 0.3) is 0 Å². The second-order valence-electron chi connectivity index (χ2n) is 6.88. The molecule has 0 saturated carbocycles. The fourth-order valence-electron chi connectivity index (χ4n) is 3.17. The van der Waals surface area contributed by atoms with Gasteiger partial charge in [0, 0.05) is 37.9 Å². The molecule has 2 heterocycles. The highest BCUT2D eigenvalue weighted by atomic mass is 19.3. The lowest BCUT2D eigenvalue weighted by molar-refractivity contribution is -0.0505. The van der Waals surface area contributed by atoms with Crippen LogP contribution in [0.5, 0.6) is 17.2 Å². The average molecular weight is 429 g/mol. The number of hydrogen-bond acceptors (Lipinski definition) is 6. The van der Waals surface area contributed by atoms with E-state index >= 15 is 0 Å². The zero-order chi connectivity index (χ0) is 21.2. The van der Waals surface area contributed by atoms with Crippen molar-refractivity contribution in [3.8, 4) is 17.2 Å². The van der Waals surface area contributed by atoms with E-state index in [-0.39, 0.29) is 25.2 Å². The first kappa shape index (κ1) is 22.4. The average Bonchev–Trinajstić information content (AvgIpc) is 3.39. The molecule has 0 aromatic heterocycles. The van der Waals surface area contributed by atoms with Crippen molar-refractivity contribution in [2.75, 3.05) is 39.7 Å². The SMILES string of the molecule is CCNC(=NCc1cc2c(cc1OC(F)F)OCO2)NCCCOCC1CCCO1. The highest BCUT2D eigenvalue weighted by Gasteiger charge is 2.20. The van der Waals surface area contributed by atoms with E-state index in [2.05, 4.69) is 20.4 Å². The third kappa shape index (κ3) is 6.88. The summed E-state index contributed by atoms with van der Waals surface area (Å²) in [6, 6.07) is 3.02. The number of nitrogens with zero attached hydrogens (tertiary/aromatic N) is 1. The van der Waals surface area contributed by atoms with Crippen LogP contribution in [0.1, 0.15) is 31.7 Å². The van der Waals surface area contributed by atoms with Gasteiger partial charge < -0.3 is 34.3 Å². The van der Waals surface area contributed by atoms with Crippen LogP contribution >= 0.6 is 0 Å². The predicted molar refractivity (Wildman–Crippen MR) is 106 cm³/mol. The molecule has 30 heavy (non-hydrogen) atoms. The molecular formula is C20H29F2N3O5. The molecule has 2 N–H and O–H groups in total. The van der Waals surface area contributed by atoms with Crippen molar-refractivity contribution in [3.05, 3.63) is 17.7 Å². The molecule has 1 saturated heterocycles. The maximum Gasteiger partial charge on any atom is 0.387 e. The Morgan fingerprint density at radius 2 is 2.10 bits per heavy atom. The van der Waals surface area contributed by atoms with Gasteiger partial charge >= 0.3 is 6.61 Å². The first-order valence-electron chi connectivity index (χ1n) is 10.2. The van der Waals surface area contributed by atoms with Crippen LogP contribution in [0.15, 0.2) is 17.1 Å². The Morgan fingerprint density at radius 1 is 1.27 bits per heavy atom. The second kappa shape index (κ2) is 11.8. The first-order valence-corrected chi connectivity index (χ1v) is 10.2. The first-order chi connectivity index (χ1) is 14.7. The van der Waals surface area contributed by atoms with Gasteiger partial charge in [0.05, 0.1) is 19.3 Å². The Bertz CT molecular complexity index is 699. The number of fused-ring (bicyclic) bond motifs is 1. The minimum absolute atomic E-state index is 0.0244. The quantitative estimate of drug-likeness (QED) is 0.318. The molecule has 1 unspecified atom stereocenters. The third-order valence-corrected chi connectivity index (χ3v) is 4.61.